The van der Waals surface area contributed by atoms with E-state index >= 15 is 0 Å². The van der Waals surface area contributed by atoms with Crippen molar-refractivity contribution in [3.05, 3.63) is 52.7 Å². The van der Waals surface area contributed by atoms with Gasteiger partial charge in [-0.05, 0) is 42.7 Å². The van der Waals surface area contributed by atoms with E-state index in [0.29, 0.717) is 0 Å². The third-order valence-corrected chi connectivity index (χ3v) is 5.84. The normalized spacial score (nSPS) is 17.2. The van der Waals surface area contributed by atoms with E-state index in [4.69, 9.17) is 0 Å². The van der Waals surface area contributed by atoms with Crippen molar-refractivity contribution in [2.45, 2.75) is 32.6 Å². The molecule has 4 rings (SSSR count). The number of fused-ring (bicyclic) bond motifs is 3. The Morgan fingerprint density at radius 2 is 2.09 bits per heavy atom. The Hall–Kier alpha value is -1.94. The SMILES string of the molecule is C[C@@H]1CCc2sc3ncnc(NCCc4ccccc4)c3c2C1. The Bertz CT molecular complexity index is 810. The van der Waals surface area contributed by atoms with Gasteiger partial charge in [0.1, 0.15) is 17.0 Å². The van der Waals surface area contributed by atoms with Gasteiger partial charge in [0.05, 0.1) is 5.39 Å². The molecule has 0 radical (unpaired) electrons. The molecule has 4 heteroatoms. The second-order valence-corrected chi connectivity index (χ2v) is 7.50. The summed E-state index contributed by atoms with van der Waals surface area (Å²) in [7, 11) is 0. The zero-order valence-corrected chi connectivity index (χ0v) is 14.2. The van der Waals surface area contributed by atoms with Gasteiger partial charge in [-0.15, -0.1) is 11.3 Å². The lowest BCUT2D eigenvalue weighted by Gasteiger charge is -2.18. The van der Waals surface area contributed by atoms with E-state index in [0.717, 1.165) is 36.0 Å². The van der Waals surface area contributed by atoms with Crippen molar-refractivity contribution in [3.63, 3.8) is 0 Å². The van der Waals surface area contributed by atoms with Crippen LogP contribution in [0.25, 0.3) is 10.2 Å². The lowest BCUT2D eigenvalue weighted by atomic mass is 9.88. The van der Waals surface area contributed by atoms with Crippen LogP contribution < -0.4 is 5.32 Å². The molecule has 2 heterocycles. The van der Waals surface area contributed by atoms with Crippen molar-refractivity contribution >= 4 is 27.4 Å². The van der Waals surface area contributed by atoms with Gasteiger partial charge in [0.25, 0.3) is 0 Å². The molecule has 1 aromatic carbocycles. The van der Waals surface area contributed by atoms with Crippen molar-refractivity contribution in [3.8, 4) is 0 Å². The third-order valence-electron chi connectivity index (χ3n) is 4.64. The summed E-state index contributed by atoms with van der Waals surface area (Å²) in [6.45, 7) is 3.25. The fraction of sp³-hybridized carbons (Fsp3) is 0.368. The summed E-state index contributed by atoms with van der Waals surface area (Å²) < 4.78 is 0. The zero-order chi connectivity index (χ0) is 15.6. The topological polar surface area (TPSA) is 37.8 Å². The van der Waals surface area contributed by atoms with Crippen molar-refractivity contribution in [2.24, 2.45) is 5.92 Å². The standard InChI is InChI=1S/C19H21N3S/c1-13-7-8-16-15(11-13)17-18(21-12-22-19(17)23-16)20-10-9-14-5-3-2-4-6-14/h2-6,12-13H,7-11H2,1H3,(H,20,21,22)/t13-/m1/s1. The minimum absolute atomic E-state index is 0.762. The molecule has 1 N–H and O–H groups in total. The first-order chi connectivity index (χ1) is 11.3. The second kappa shape index (κ2) is 6.28. The minimum Gasteiger partial charge on any atom is -0.369 e. The molecular weight excluding hydrogens is 302 g/mol. The number of aryl methyl sites for hydroxylation is 1. The molecule has 0 fully saturated rings. The van der Waals surface area contributed by atoms with Crippen LogP contribution in [-0.4, -0.2) is 16.5 Å². The summed E-state index contributed by atoms with van der Waals surface area (Å²) in [6, 6.07) is 10.6. The Balaban J connectivity index is 1.58. The van der Waals surface area contributed by atoms with Crippen LogP contribution >= 0.6 is 11.3 Å². The Kier molecular flexibility index (Phi) is 4.00. The van der Waals surface area contributed by atoms with Crippen LogP contribution in [0, 0.1) is 5.92 Å². The Morgan fingerprint density at radius 3 is 2.96 bits per heavy atom. The van der Waals surface area contributed by atoms with Crippen molar-refractivity contribution in [1.82, 2.24) is 9.97 Å². The maximum atomic E-state index is 4.53. The molecule has 0 spiro atoms. The number of aromatic nitrogens is 2. The second-order valence-electron chi connectivity index (χ2n) is 6.42. The summed E-state index contributed by atoms with van der Waals surface area (Å²) in [5, 5.41) is 4.81. The maximum absolute atomic E-state index is 4.53. The number of hydrogen-bond acceptors (Lipinski definition) is 4. The molecule has 1 aliphatic rings. The molecule has 0 amide bonds. The first-order valence-corrected chi connectivity index (χ1v) is 9.16. The minimum atomic E-state index is 0.762. The lowest BCUT2D eigenvalue weighted by Crippen LogP contribution is -2.11. The fourth-order valence-corrected chi connectivity index (χ4v) is 4.57. The van der Waals surface area contributed by atoms with Crippen LogP contribution in [-0.2, 0) is 19.3 Å². The highest BCUT2D eigenvalue weighted by atomic mass is 32.1. The van der Waals surface area contributed by atoms with Gasteiger partial charge in [0.15, 0.2) is 0 Å². The average molecular weight is 323 g/mol. The number of hydrogen-bond donors (Lipinski definition) is 1. The molecule has 118 valence electrons. The number of thiophene rings is 1. The van der Waals surface area contributed by atoms with Crippen molar-refractivity contribution in [2.75, 3.05) is 11.9 Å². The van der Waals surface area contributed by atoms with Crippen molar-refractivity contribution in [1.29, 1.82) is 0 Å². The summed E-state index contributed by atoms with van der Waals surface area (Å²) in [5.74, 6) is 1.77. The predicted molar refractivity (Wildman–Crippen MR) is 97.2 cm³/mol. The van der Waals surface area contributed by atoms with Crippen molar-refractivity contribution < 1.29 is 0 Å². The largest absolute Gasteiger partial charge is 0.369 e. The smallest absolute Gasteiger partial charge is 0.138 e. The number of rotatable bonds is 4. The summed E-state index contributed by atoms with van der Waals surface area (Å²) >= 11 is 1.85. The van der Waals surface area contributed by atoms with Gasteiger partial charge in [0, 0.05) is 11.4 Å². The van der Waals surface area contributed by atoms with Crippen LogP contribution in [0.3, 0.4) is 0 Å². The fourth-order valence-electron chi connectivity index (χ4n) is 3.39. The van der Waals surface area contributed by atoms with E-state index in [2.05, 4.69) is 52.5 Å². The zero-order valence-electron chi connectivity index (χ0n) is 13.4. The molecule has 0 aliphatic heterocycles. The summed E-state index contributed by atoms with van der Waals surface area (Å²) in [5.41, 5.74) is 2.85. The van der Waals surface area contributed by atoms with Gasteiger partial charge >= 0.3 is 0 Å². The highest BCUT2D eigenvalue weighted by Gasteiger charge is 2.22. The highest BCUT2D eigenvalue weighted by Crippen LogP contribution is 2.39. The maximum Gasteiger partial charge on any atom is 0.138 e. The third kappa shape index (κ3) is 2.95. The van der Waals surface area contributed by atoms with Crippen LogP contribution in [0.4, 0.5) is 5.82 Å². The molecule has 3 aromatic rings. The Labute approximate surface area is 140 Å². The van der Waals surface area contributed by atoms with Gasteiger partial charge in [-0.1, -0.05) is 37.3 Å². The van der Waals surface area contributed by atoms with Crippen LogP contribution in [0.2, 0.25) is 0 Å². The molecule has 0 saturated carbocycles. The average Bonchev–Trinajstić information content (AvgIpc) is 2.94. The molecule has 0 unspecified atom stereocenters. The van der Waals surface area contributed by atoms with Crippen LogP contribution in [0.15, 0.2) is 36.7 Å². The van der Waals surface area contributed by atoms with Gasteiger partial charge in [-0.25, -0.2) is 9.97 Å². The van der Waals surface area contributed by atoms with E-state index in [1.165, 1.54) is 34.2 Å². The number of anilines is 1. The van der Waals surface area contributed by atoms with Crippen LogP contribution in [0.1, 0.15) is 29.3 Å². The predicted octanol–water partition coefficient (Wildman–Crippen LogP) is 4.47. The molecular formula is C19H21N3S. The molecule has 3 nitrogen and oxygen atoms in total. The highest BCUT2D eigenvalue weighted by molar-refractivity contribution is 7.19. The quantitative estimate of drug-likeness (QED) is 0.770. The van der Waals surface area contributed by atoms with Gasteiger partial charge in [-0.3, -0.25) is 0 Å². The summed E-state index contributed by atoms with van der Waals surface area (Å²) in [4.78, 5) is 11.7. The lowest BCUT2D eigenvalue weighted by molar-refractivity contribution is 0.508. The summed E-state index contributed by atoms with van der Waals surface area (Å²) in [6.07, 6.45) is 6.36. The van der Waals surface area contributed by atoms with Gasteiger partial charge < -0.3 is 5.32 Å². The van der Waals surface area contributed by atoms with E-state index < -0.39 is 0 Å². The van der Waals surface area contributed by atoms with E-state index in [1.54, 1.807) is 6.33 Å². The van der Waals surface area contributed by atoms with E-state index in [1.807, 2.05) is 11.3 Å². The monoisotopic (exact) mass is 323 g/mol. The number of nitrogens with zero attached hydrogens (tertiary/aromatic N) is 2. The Morgan fingerprint density at radius 1 is 1.22 bits per heavy atom. The molecule has 0 bridgehead atoms. The van der Waals surface area contributed by atoms with Gasteiger partial charge in [-0.2, -0.15) is 0 Å². The molecule has 1 atom stereocenters. The molecule has 0 saturated heterocycles. The number of benzene rings is 1. The molecule has 2 aromatic heterocycles. The molecule has 1 aliphatic carbocycles. The van der Waals surface area contributed by atoms with Gasteiger partial charge in [0.2, 0.25) is 0 Å². The van der Waals surface area contributed by atoms with E-state index in [-0.39, 0.29) is 0 Å². The van der Waals surface area contributed by atoms with E-state index in [9.17, 15) is 0 Å². The van der Waals surface area contributed by atoms with Crippen LogP contribution in [0.5, 0.6) is 0 Å². The number of nitrogens with one attached hydrogen (secondary N) is 1. The first kappa shape index (κ1) is 14.6. The molecule has 23 heavy (non-hydrogen) atoms. The first-order valence-electron chi connectivity index (χ1n) is 8.34.